The van der Waals surface area contributed by atoms with Crippen LogP contribution in [-0.2, 0) is 20.7 Å². The van der Waals surface area contributed by atoms with Gasteiger partial charge in [0.05, 0.1) is 27.6 Å². The zero-order valence-corrected chi connectivity index (χ0v) is 29.2. The number of nitrogens with one attached hydrogen (secondary N) is 2. The molecule has 0 bridgehead atoms. The van der Waals surface area contributed by atoms with Crippen LogP contribution in [0, 0.1) is 5.92 Å². The highest BCUT2D eigenvalue weighted by atomic mass is 35.5. The number of nitrogens with zero attached hydrogens (tertiary/aromatic N) is 4. The number of carboxylic acids is 1. The fourth-order valence-corrected chi connectivity index (χ4v) is 7.59. The molecule has 5 N–H and O–H groups in total. The molecule has 2 fully saturated rings. The van der Waals surface area contributed by atoms with E-state index >= 15 is 0 Å². The average molecular weight is 699 g/mol. The normalized spacial score (nSPS) is 22.5. The molecule has 13 heteroatoms. The second-order valence-electron chi connectivity index (χ2n) is 13.4. The molecule has 6 rings (SSSR count). The molecular weight excluding hydrogens is 653 g/mol. The third-order valence-electron chi connectivity index (χ3n) is 9.58. The first-order valence-corrected chi connectivity index (χ1v) is 17.4. The van der Waals surface area contributed by atoms with E-state index in [0.29, 0.717) is 23.0 Å². The fraction of sp³-hybridized carbons (Fsp3) is 0.514. The summed E-state index contributed by atoms with van der Waals surface area (Å²) >= 11 is 12.4. The lowest BCUT2D eigenvalue weighted by molar-refractivity contribution is -0.161. The van der Waals surface area contributed by atoms with Crippen LogP contribution in [0.3, 0.4) is 0 Å². The molecule has 0 amide bonds. The zero-order valence-electron chi connectivity index (χ0n) is 27.7. The van der Waals surface area contributed by atoms with Crippen LogP contribution in [0.2, 0.25) is 10.0 Å². The lowest BCUT2D eigenvalue weighted by atomic mass is 10.0. The van der Waals surface area contributed by atoms with Gasteiger partial charge >= 0.3 is 5.97 Å². The van der Waals surface area contributed by atoms with E-state index in [-0.39, 0.29) is 24.2 Å². The predicted octanol–water partition coefficient (Wildman–Crippen LogP) is 5.34. The molecule has 1 aliphatic carbocycles. The predicted molar refractivity (Wildman–Crippen MR) is 190 cm³/mol. The largest absolute Gasteiger partial charge is 0.480 e. The summed E-state index contributed by atoms with van der Waals surface area (Å²) in [5.41, 5.74) is 8.03. The van der Waals surface area contributed by atoms with Crippen molar-refractivity contribution >= 4 is 56.8 Å². The van der Waals surface area contributed by atoms with Crippen LogP contribution in [0.5, 0.6) is 0 Å². The number of aromatic nitrogens is 3. The minimum atomic E-state index is -0.978. The van der Waals surface area contributed by atoms with Crippen LogP contribution in [-0.4, -0.2) is 94.3 Å². The van der Waals surface area contributed by atoms with Crippen LogP contribution in [0.1, 0.15) is 44.7 Å². The molecule has 3 heterocycles. The van der Waals surface area contributed by atoms with Crippen molar-refractivity contribution in [3.63, 3.8) is 0 Å². The Morgan fingerprint density at radius 3 is 2.65 bits per heavy atom. The Labute approximate surface area is 291 Å². The molecular formula is C35H45Cl2N7O4. The average Bonchev–Trinajstić information content (AvgIpc) is 3.72. The van der Waals surface area contributed by atoms with Gasteiger partial charge in [-0.2, -0.15) is 0 Å². The van der Waals surface area contributed by atoms with Gasteiger partial charge in [0.15, 0.2) is 5.79 Å². The smallest absolute Gasteiger partial charge is 0.320 e. The maximum atomic E-state index is 11.5. The molecule has 1 saturated carbocycles. The van der Waals surface area contributed by atoms with Crippen molar-refractivity contribution in [3.05, 3.63) is 64.5 Å². The van der Waals surface area contributed by atoms with E-state index in [9.17, 15) is 9.90 Å². The highest BCUT2D eigenvalue weighted by Crippen LogP contribution is 2.48. The monoisotopic (exact) mass is 697 g/mol. The topological polar surface area (TPSA) is 140 Å². The fourth-order valence-electron chi connectivity index (χ4n) is 7.25. The molecule has 1 aliphatic heterocycles. The van der Waals surface area contributed by atoms with Crippen LogP contribution in [0.15, 0.2) is 48.9 Å². The molecule has 2 aliphatic rings. The third-order valence-corrected chi connectivity index (χ3v) is 10.3. The minimum absolute atomic E-state index is 0.0341. The number of anilines is 1. The van der Waals surface area contributed by atoms with Crippen molar-refractivity contribution in [2.75, 3.05) is 45.1 Å². The first-order valence-electron chi connectivity index (χ1n) is 16.7. The summed E-state index contributed by atoms with van der Waals surface area (Å²) < 4.78 is 15.2. The van der Waals surface area contributed by atoms with Crippen molar-refractivity contribution in [2.45, 2.75) is 69.6 Å². The quantitative estimate of drug-likeness (QED) is 0.120. The molecule has 1 saturated heterocycles. The van der Waals surface area contributed by atoms with Gasteiger partial charge in [0.1, 0.15) is 29.9 Å². The molecule has 11 nitrogen and oxygen atoms in total. The molecule has 0 unspecified atom stereocenters. The maximum absolute atomic E-state index is 11.5. The highest BCUT2D eigenvalue weighted by Gasteiger charge is 2.54. The molecule has 2 aromatic heterocycles. The molecule has 258 valence electrons. The van der Waals surface area contributed by atoms with E-state index in [1.807, 2.05) is 39.1 Å². The summed E-state index contributed by atoms with van der Waals surface area (Å²) in [4.78, 5) is 22.9. The van der Waals surface area contributed by atoms with Gasteiger partial charge in [-0.1, -0.05) is 41.4 Å². The Kier molecular flexibility index (Phi) is 10.8. The SMILES string of the molecule is CNc1ncnc2c1ccn2[C@@H]1C[C@H](CN(CCCNCCc2ccc3cc(Cl)c(Cl)cc3c2)CC[C@H](N)C(=O)O)[C@H]2OC(C)(C)O[C@H]21. The van der Waals surface area contributed by atoms with Gasteiger partial charge in [-0.15, -0.1) is 0 Å². The number of carboxylic acid groups (broad SMARTS) is 1. The van der Waals surface area contributed by atoms with Crippen molar-refractivity contribution in [3.8, 4) is 0 Å². The number of aliphatic carboxylic acids is 1. The van der Waals surface area contributed by atoms with Crippen molar-refractivity contribution in [1.29, 1.82) is 0 Å². The Hall–Kier alpha value is -3.03. The van der Waals surface area contributed by atoms with Gasteiger partial charge in [-0.05, 0) is 93.7 Å². The first kappa shape index (κ1) is 34.8. The van der Waals surface area contributed by atoms with Crippen molar-refractivity contribution in [2.24, 2.45) is 11.7 Å². The zero-order chi connectivity index (χ0) is 34.0. The van der Waals surface area contributed by atoms with Crippen molar-refractivity contribution in [1.82, 2.24) is 24.8 Å². The number of rotatable bonds is 15. The maximum Gasteiger partial charge on any atom is 0.320 e. The Bertz CT molecular complexity index is 1750. The summed E-state index contributed by atoms with van der Waals surface area (Å²) in [5.74, 6) is -0.718. The second kappa shape index (κ2) is 14.8. The number of nitrogens with two attached hydrogens (primary N) is 1. The van der Waals surface area contributed by atoms with Gasteiger partial charge in [0.2, 0.25) is 0 Å². The summed E-state index contributed by atoms with van der Waals surface area (Å²) in [7, 11) is 1.86. The Balaban J connectivity index is 1.09. The molecule has 4 aromatic rings. The summed E-state index contributed by atoms with van der Waals surface area (Å²) in [6.07, 6.45) is 6.43. The number of benzene rings is 2. The van der Waals surface area contributed by atoms with E-state index in [0.717, 1.165) is 73.1 Å². The lowest BCUT2D eigenvalue weighted by Crippen LogP contribution is -2.40. The van der Waals surface area contributed by atoms with Crippen molar-refractivity contribution < 1.29 is 19.4 Å². The van der Waals surface area contributed by atoms with E-state index in [4.69, 9.17) is 38.4 Å². The van der Waals surface area contributed by atoms with Crippen LogP contribution in [0.25, 0.3) is 21.8 Å². The lowest BCUT2D eigenvalue weighted by Gasteiger charge is -2.29. The standard InChI is InChI=1S/C35H45Cl2N7O4/c1-35(2)47-30-24(18-29(31(30)48-35)44-14-8-25-32(39-3)41-20-42-33(25)44)19-43(13-9-28(38)34(45)46)12-4-10-40-11-7-21-5-6-22-16-26(36)27(37)17-23(22)15-21/h5-6,8,14-17,20,24,28-31,40H,4,7,9-13,18-19,38H2,1-3H3,(H,45,46)(H,39,41,42)/t24-,28+,29-,30-,31+/m1/s1. The number of hydrogen-bond donors (Lipinski definition) is 4. The number of carbonyl (C=O) groups is 1. The summed E-state index contributed by atoms with van der Waals surface area (Å²) in [6, 6.07) is 11.4. The van der Waals surface area contributed by atoms with Gasteiger partial charge < -0.3 is 40.4 Å². The molecule has 5 atom stereocenters. The number of fused-ring (bicyclic) bond motifs is 3. The van der Waals surface area contributed by atoms with E-state index < -0.39 is 17.8 Å². The number of ether oxygens (including phenoxy) is 2. The van der Waals surface area contributed by atoms with E-state index in [1.165, 1.54) is 5.56 Å². The molecule has 0 spiro atoms. The highest BCUT2D eigenvalue weighted by molar-refractivity contribution is 6.42. The van der Waals surface area contributed by atoms with Gasteiger partial charge in [-0.3, -0.25) is 4.79 Å². The number of hydrogen-bond acceptors (Lipinski definition) is 9. The Morgan fingerprint density at radius 1 is 1.10 bits per heavy atom. The van der Waals surface area contributed by atoms with Crippen LogP contribution in [0.4, 0.5) is 5.82 Å². The van der Waals surface area contributed by atoms with E-state index in [2.05, 4.69) is 54.5 Å². The van der Waals surface area contributed by atoms with Gasteiger partial charge in [0, 0.05) is 32.3 Å². The van der Waals surface area contributed by atoms with Gasteiger partial charge in [0.25, 0.3) is 0 Å². The minimum Gasteiger partial charge on any atom is -0.480 e. The Morgan fingerprint density at radius 2 is 1.88 bits per heavy atom. The molecule has 2 aromatic carbocycles. The molecule has 48 heavy (non-hydrogen) atoms. The van der Waals surface area contributed by atoms with Crippen LogP contribution < -0.4 is 16.4 Å². The second-order valence-corrected chi connectivity index (χ2v) is 14.2. The summed E-state index contributed by atoms with van der Waals surface area (Å²) in [5, 5.41) is 20.4. The van der Waals surface area contributed by atoms with Gasteiger partial charge in [-0.25, -0.2) is 9.97 Å². The van der Waals surface area contributed by atoms with E-state index in [1.54, 1.807) is 6.33 Å². The number of halogens is 2. The molecule has 0 radical (unpaired) electrons. The third kappa shape index (κ3) is 7.73. The van der Waals surface area contributed by atoms with Crippen LogP contribution >= 0.6 is 23.2 Å². The summed E-state index contributed by atoms with van der Waals surface area (Å²) in [6.45, 7) is 7.76. The first-order chi connectivity index (χ1) is 23.0.